The Labute approximate surface area is 152 Å². The summed E-state index contributed by atoms with van der Waals surface area (Å²) in [4.78, 5) is 32.4. The van der Waals surface area contributed by atoms with Crippen LogP contribution in [0.3, 0.4) is 0 Å². The number of fused-ring (bicyclic) bond motifs is 1. The predicted molar refractivity (Wildman–Crippen MR) is 101 cm³/mol. The van der Waals surface area contributed by atoms with E-state index in [0.717, 1.165) is 25.7 Å². The number of nitrogens with zero attached hydrogens (tertiary/aromatic N) is 3. The fourth-order valence-electron chi connectivity index (χ4n) is 2.38. The van der Waals surface area contributed by atoms with Gasteiger partial charge in [-0.05, 0) is 31.0 Å². The quantitative estimate of drug-likeness (QED) is 0.751. The lowest BCUT2D eigenvalue weighted by atomic mass is 10.2. The van der Waals surface area contributed by atoms with Crippen LogP contribution in [-0.2, 0) is 9.59 Å². The highest BCUT2D eigenvalue weighted by Gasteiger charge is 2.12. The number of unbranched alkanes of at least 4 members (excludes halogenated alkanes) is 2. The third-order valence-electron chi connectivity index (χ3n) is 3.84. The monoisotopic (exact) mass is 353 g/mol. The standard InChI is InChI=1S/C19H23N5O2/c1-3-5-7-16(25)21-15-10-9-13-11-14(12-20)19(24-18(13)22-15)23-17(26)8-6-4-2/h9-11H,3-8H2,1-2H3,(H2,21,22,23,24,25,26). The second-order valence-electron chi connectivity index (χ2n) is 6.04. The molecule has 26 heavy (non-hydrogen) atoms. The lowest BCUT2D eigenvalue weighted by molar-refractivity contribution is -0.117. The number of hydrogen-bond acceptors (Lipinski definition) is 5. The summed E-state index contributed by atoms with van der Waals surface area (Å²) >= 11 is 0. The second-order valence-corrected chi connectivity index (χ2v) is 6.04. The molecule has 0 fully saturated rings. The molecule has 0 saturated carbocycles. The fraction of sp³-hybridized carbons (Fsp3) is 0.421. The van der Waals surface area contributed by atoms with E-state index in [1.807, 2.05) is 19.9 Å². The number of pyridine rings is 2. The SMILES string of the molecule is CCCCC(=O)Nc1ccc2cc(C#N)c(NC(=O)CCCC)nc2n1. The van der Waals surface area contributed by atoms with Gasteiger partial charge in [-0.3, -0.25) is 9.59 Å². The number of carbonyl (C=O) groups is 2. The number of rotatable bonds is 8. The number of aromatic nitrogens is 2. The van der Waals surface area contributed by atoms with Gasteiger partial charge in [0.2, 0.25) is 11.8 Å². The normalized spacial score (nSPS) is 10.3. The van der Waals surface area contributed by atoms with Gasteiger partial charge in [0.1, 0.15) is 11.9 Å². The fourth-order valence-corrected chi connectivity index (χ4v) is 2.38. The van der Waals surface area contributed by atoms with Gasteiger partial charge in [-0.15, -0.1) is 0 Å². The van der Waals surface area contributed by atoms with Gasteiger partial charge in [0.25, 0.3) is 0 Å². The summed E-state index contributed by atoms with van der Waals surface area (Å²) in [5.41, 5.74) is 0.645. The summed E-state index contributed by atoms with van der Waals surface area (Å²) in [7, 11) is 0. The summed E-state index contributed by atoms with van der Waals surface area (Å²) in [5.74, 6) is 0.321. The van der Waals surface area contributed by atoms with E-state index in [-0.39, 0.29) is 23.2 Å². The molecule has 0 aromatic carbocycles. The van der Waals surface area contributed by atoms with E-state index in [0.29, 0.717) is 29.7 Å². The van der Waals surface area contributed by atoms with Gasteiger partial charge in [-0.25, -0.2) is 9.97 Å². The average Bonchev–Trinajstić information content (AvgIpc) is 2.64. The molecule has 0 saturated heterocycles. The highest BCUT2D eigenvalue weighted by molar-refractivity contribution is 5.94. The topological polar surface area (TPSA) is 108 Å². The zero-order valence-electron chi connectivity index (χ0n) is 15.1. The molecule has 0 radical (unpaired) electrons. The van der Waals surface area contributed by atoms with Crippen molar-refractivity contribution in [1.29, 1.82) is 5.26 Å². The number of carbonyl (C=O) groups excluding carboxylic acids is 2. The van der Waals surface area contributed by atoms with Crippen molar-refractivity contribution in [3.05, 3.63) is 23.8 Å². The molecule has 0 atom stereocenters. The maximum Gasteiger partial charge on any atom is 0.225 e. The lowest BCUT2D eigenvalue weighted by Crippen LogP contribution is -2.14. The molecular weight excluding hydrogens is 330 g/mol. The van der Waals surface area contributed by atoms with E-state index < -0.39 is 0 Å². The van der Waals surface area contributed by atoms with E-state index in [1.165, 1.54) is 0 Å². The smallest absolute Gasteiger partial charge is 0.225 e. The van der Waals surface area contributed by atoms with E-state index in [4.69, 9.17) is 0 Å². The summed E-state index contributed by atoms with van der Waals surface area (Å²) in [6, 6.07) is 7.10. The molecule has 2 amide bonds. The first-order chi connectivity index (χ1) is 12.6. The largest absolute Gasteiger partial charge is 0.311 e. The average molecular weight is 353 g/mol. The van der Waals surface area contributed by atoms with Crippen LogP contribution in [0.5, 0.6) is 0 Å². The molecule has 0 aliphatic carbocycles. The Morgan fingerprint density at radius 3 is 2.31 bits per heavy atom. The van der Waals surface area contributed by atoms with Gasteiger partial charge in [-0.1, -0.05) is 26.7 Å². The number of anilines is 2. The molecular formula is C19H23N5O2. The van der Waals surface area contributed by atoms with Gasteiger partial charge >= 0.3 is 0 Å². The van der Waals surface area contributed by atoms with Crippen LogP contribution in [0.1, 0.15) is 57.9 Å². The minimum absolute atomic E-state index is 0.0968. The van der Waals surface area contributed by atoms with Crippen molar-refractivity contribution in [3.63, 3.8) is 0 Å². The Morgan fingerprint density at radius 2 is 1.69 bits per heavy atom. The molecule has 2 N–H and O–H groups in total. The van der Waals surface area contributed by atoms with Gasteiger partial charge in [-0.2, -0.15) is 5.26 Å². The number of nitriles is 1. The van der Waals surface area contributed by atoms with Crippen molar-refractivity contribution in [1.82, 2.24) is 9.97 Å². The predicted octanol–water partition coefficient (Wildman–Crippen LogP) is 3.76. The Balaban J connectivity index is 2.25. The van der Waals surface area contributed by atoms with Crippen LogP contribution >= 0.6 is 0 Å². The first-order valence-corrected chi connectivity index (χ1v) is 8.89. The van der Waals surface area contributed by atoms with Crippen LogP contribution < -0.4 is 10.6 Å². The molecule has 136 valence electrons. The Kier molecular flexibility index (Phi) is 7.03. The third kappa shape index (κ3) is 5.24. The van der Waals surface area contributed by atoms with Gasteiger partial charge in [0, 0.05) is 18.2 Å². The van der Waals surface area contributed by atoms with Crippen molar-refractivity contribution in [2.45, 2.75) is 52.4 Å². The van der Waals surface area contributed by atoms with E-state index in [9.17, 15) is 14.9 Å². The Hall–Kier alpha value is -3.01. The summed E-state index contributed by atoms with van der Waals surface area (Å²) in [6.07, 6.45) is 4.26. The number of nitrogens with one attached hydrogen (secondary N) is 2. The molecule has 0 aliphatic heterocycles. The zero-order valence-corrected chi connectivity index (χ0v) is 15.1. The summed E-state index contributed by atoms with van der Waals surface area (Å²) in [5, 5.41) is 15.4. The lowest BCUT2D eigenvalue weighted by Gasteiger charge is -2.09. The summed E-state index contributed by atoms with van der Waals surface area (Å²) < 4.78 is 0. The van der Waals surface area contributed by atoms with E-state index >= 15 is 0 Å². The molecule has 2 heterocycles. The second kappa shape index (κ2) is 9.47. The molecule has 0 spiro atoms. The van der Waals surface area contributed by atoms with Crippen LogP contribution in [0.4, 0.5) is 11.6 Å². The van der Waals surface area contributed by atoms with Crippen LogP contribution in [0.25, 0.3) is 11.0 Å². The third-order valence-corrected chi connectivity index (χ3v) is 3.84. The Bertz CT molecular complexity index is 842. The number of amides is 2. The van der Waals surface area contributed by atoms with E-state index in [2.05, 4.69) is 20.6 Å². The van der Waals surface area contributed by atoms with Crippen LogP contribution in [0.15, 0.2) is 18.2 Å². The first-order valence-electron chi connectivity index (χ1n) is 8.89. The van der Waals surface area contributed by atoms with Crippen molar-refractivity contribution in [2.75, 3.05) is 10.6 Å². The maximum absolute atomic E-state index is 12.0. The highest BCUT2D eigenvalue weighted by Crippen LogP contribution is 2.21. The molecule has 7 nitrogen and oxygen atoms in total. The van der Waals surface area contributed by atoms with Crippen LogP contribution in [-0.4, -0.2) is 21.8 Å². The molecule has 0 unspecified atom stereocenters. The molecule has 2 aromatic heterocycles. The number of hydrogen-bond donors (Lipinski definition) is 2. The van der Waals surface area contributed by atoms with Crippen molar-refractivity contribution < 1.29 is 9.59 Å². The molecule has 2 rings (SSSR count). The van der Waals surface area contributed by atoms with Crippen LogP contribution in [0, 0.1) is 11.3 Å². The minimum Gasteiger partial charge on any atom is -0.311 e. The maximum atomic E-state index is 12.0. The van der Waals surface area contributed by atoms with Crippen molar-refractivity contribution in [3.8, 4) is 6.07 Å². The molecule has 2 aromatic rings. The van der Waals surface area contributed by atoms with Gasteiger partial charge < -0.3 is 10.6 Å². The van der Waals surface area contributed by atoms with Gasteiger partial charge in [0.05, 0.1) is 5.56 Å². The van der Waals surface area contributed by atoms with Crippen molar-refractivity contribution >= 4 is 34.5 Å². The van der Waals surface area contributed by atoms with Gasteiger partial charge in [0.15, 0.2) is 11.5 Å². The Morgan fingerprint density at radius 1 is 1.04 bits per heavy atom. The molecule has 0 aliphatic rings. The van der Waals surface area contributed by atoms with Crippen LogP contribution in [0.2, 0.25) is 0 Å². The van der Waals surface area contributed by atoms with Crippen molar-refractivity contribution in [2.24, 2.45) is 0 Å². The molecule has 7 heteroatoms. The first kappa shape index (κ1) is 19.3. The highest BCUT2D eigenvalue weighted by atomic mass is 16.2. The minimum atomic E-state index is -0.181. The summed E-state index contributed by atoms with van der Waals surface area (Å²) in [6.45, 7) is 4.02. The molecule has 0 bridgehead atoms. The zero-order chi connectivity index (χ0) is 18.9. The van der Waals surface area contributed by atoms with E-state index in [1.54, 1.807) is 18.2 Å².